The van der Waals surface area contributed by atoms with Crippen molar-refractivity contribution >= 4 is 17.4 Å². The summed E-state index contributed by atoms with van der Waals surface area (Å²) in [6.07, 6.45) is 0.962. The maximum Gasteiger partial charge on any atom is 0.268 e. The number of aromatic nitrogens is 1. The highest BCUT2D eigenvalue weighted by molar-refractivity contribution is 6.07. The van der Waals surface area contributed by atoms with Gasteiger partial charge in [-0.1, -0.05) is 49.7 Å². The molecule has 1 aliphatic rings. The van der Waals surface area contributed by atoms with Gasteiger partial charge in [0.15, 0.2) is 5.78 Å². The van der Waals surface area contributed by atoms with Gasteiger partial charge in [0.1, 0.15) is 5.56 Å². The van der Waals surface area contributed by atoms with Crippen LogP contribution in [0, 0.1) is 12.3 Å². The zero-order chi connectivity index (χ0) is 21.5. The molecule has 2 aromatic carbocycles. The van der Waals surface area contributed by atoms with Gasteiger partial charge < -0.3 is 5.32 Å². The predicted octanol–water partition coefficient (Wildman–Crippen LogP) is 4.55. The second-order valence-corrected chi connectivity index (χ2v) is 8.66. The van der Waals surface area contributed by atoms with Crippen molar-refractivity contribution in [2.24, 2.45) is 5.41 Å². The number of ketones is 1. The molecule has 3 aromatic rings. The molecule has 5 nitrogen and oxygen atoms in total. The van der Waals surface area contributed by atoms with Crippen LogP contribution in [0.25, 0.3) is 5.69 Å². The first-order chi connectivity index (χ1) is 14.2. The van der Waals surface area contributed by atoms with E-state index in [1.54, 1.807) is 24.3 Å². The molecule has 0 radical (unpaired) electrons. The van der Waals surface area contributed by atoms with Gasteiger partial charge in [-0.25, -0.2) is 0 Å². The monoisotopic (exact) mass is 400 g/mol. The second-order valence-electron chi connectivity index (χ2n) is 8.66. The van der Waals surface area contributed by atoms with Gasteiger partial charge >= 0.3 is 0 Å². The first kappa shape index (κ1) is 19.8. The number of carbonyl (C=O) groups excluding carboxylic acids is 2. The lowest BCUT2D eigenvalue weighted by Crippen LogP contribution is -2.37. The average Bonchev–Trinajstić information content (AvgIpc) is 2.68. The summed E-state index contributed by atoms with van der Waals surface area (Å²) in [5.41, 5.74) is 2.72. The summed E-state index contributed by atoms with van der Waals surface area (Å²) < 4.78 is 1.54. The van der Waals surface area contributed by atoms with Crippen LogP contribution in [0.2, 0.25) is 0 Å². The minimum absolute atomic E-state index is 0.0359. The number of hydrogen-bond acceptors (Lipinski definition) is 3. The molecule has 30 heavy (non-hydrogen) atoms. The molecule has 0 unspecified atom stereocenters. The van der Waals surface area contributed by atoms with E-state index in [4.69, 9.17) is 0 Å². The van der Waals surface area contributed by atoms with Crippen molar-refractivity contribution in [3.8, 4) is 5.69 Å². The molecular weight excluding hydrogens is 376 g/mol. The van der Waals surface area contributed by atoms with Crippen LogP contribution < -0.4 is 10.9 Å². The van der Waals surface area contributed by atoms with Crippen LogP contribution in [-0.4, -0.2) is 16.3 Å². The fourth-order valence-electron chi connectivity index (χ4n) is 3.96. The van der Waals surface area contributed by atoms with Crippen LogP contribution in [0.4, 0.5) is 5.69 Å². The molecule has 1 N–H and O–H groups in total. The van der Waals surface area contributed by atoms with Gasteiger partial charge in [0, 0.05) is 29.1 Å². The molecule has 0 atom stereocenters. The average molecular weight is 400 g/mol. The summed E-state index contributed by atoms with van der Waals surface area (Å²) in [5, 5.41) is 2.76. The van der Waals surface area contributed by atoms with E-state index in [1.165, 1.54) is 10.6 Å². The quantitative estimate of drug-likeness (QED) is 0.701. The van der Waals surface area contributed by atoms with Crippen LogP contribution in [0.3, 0.4) is 0 Å². The Balaban J connectivity index is 1.91. The molecular formula is C25H24N2O3. The number of aryl methyl sites for hydroxylation is 1. The van der Waals surface area contributed by atoms with Crippen molar-refractivity contribution in [1.29, 1.82) is 0 Å². The fourth-order valence-corrected chi connectivity index (χ4v) is 3.96. The summed E-state index contributed by atoms with van der Waals surface area (Å²) in [5.74, 6) is -0.566. The summed E-state index contributed by atoms with van der Waals surface area (Å²) in [6, 6.07) is 18.0. The highest BCUT2D eigenvalue weighted by atomic mass is 16.2. The van der Waals surface area contributed by atoms with E-state index < -0.39 is 11.5 Å². The Morgan fingerprint density at radius 1 is 0.967 bits per heavy atom. The van der Waals surface area contributed by atoms with Crippen molar-refractivity contribution in [3.63, 3.8) is 0 Å². The Morgan fingerprint density at radius 2 is 1.63 bits per heavy atom. The highest BCUT2D eigenvalue weighted by Crippen LogP contribution is 2.35. The molecule has 0 saturated carbocycles. The summed E-state index contributed by atoms with van der Waals surface area (Å²) >= 11 is 0. The number of nitrogens with zero attached hydrogens (tertiary/aromatic N) is 1. The van der Waals surface area contributed by atoms with Gasteiger partial charge in [0.25, 0.3) is 11.5 Å². The van der Waals surface area contributed by atoms with E-state index in [2.05, 4.69) is 5.32 Å². The van der Waals surface area contributed by atoms with Crippen molar-refractivity contribution in [2.75, 3.05) is 5.32 Å². The molecule has 0 aliphatic heterocycles. The zero-order valence-electron chi connectivity index (χ0n) is 17.4. The lowest BCUT2D eigenvalue weighted by atomic mass is 9.75. The SMILES string of the molecule is Cc1ccc(-n2c3c(cc(C(=O)Nc4ccccc4)c2=O)C(=O)CC(C)(C)C3)cc1. The molecule has 1 heterocycles. The summed E-state index contributed by atoms with van der Waals surface area (Å²) in [6.45, 7) is 6.01. The van der Waals surface area contributed by atoms with Gasteiger partial charge in [-0.05, 0) is 49.1 Å². The number of benzene rings is 2. The number of para-hydroxylation sites is 1. The first-order valence-electron chi connectivity index (χ1n) is 10.0. The number of nitrogens with one attached hydrogen (secondary N) is 1. The molecule has 152 valence electrons. The van der Waals surface area contributed by atoms with Gasteiger partial charge in [0.05, 0.1) is 0 Å². The Hall–Kier alpha value is -3.47. The highest BCUT2D eigenvalue weighted by Gasteiger charge is 2.35. The molecule has 0 fully saturated rings. The molecule has 0 bridgehead atoms. The molecule has 0 saturated heterocycles. The van der Waals surface area contributed by atoms with Gasteiger partial charge in [-0.3, -0.25) is 19.0 Å². The fraction of sp³-hybridized carbons (Fsp3) is 0.240. The number of Topliss-reactive ketones (excluding diaryl/α,β-unsaturated/α-hetero) is 1. The van der Waals surface area contributed by atoms with E-state index in [0.29, 0.717) is 35.5 Å². The van der Waals surface area contributed by atoms with E-state index in [-0.39, 0.29) is 16.8 Å². The topological polar surface area (TPSA) is 68.2 Å². The third kappa shape index (κ3) is 3.71. The largest absolute Gasteiger partial charge is 0.322 e. The van der Waals surface area contributed by atoms with Crippen molar-refractivity contribution in [2.45, 2.75) is 33.6 Å². The Bertz CT molecular complexity index is 1190. The molecule has 1 aromatic heterocycles. The first-order valence-corrected chi connectivity index (χ1v) is 10.0. The van der Waals surface area contributed by atoms with E-state index in [1.807, 2.05) is 51.1 Å². The van der Waals surface area contributed by atoms with Gasteiger partial charge in [-0.2, -0.15) is 0 Å². The molecule has 1 aliphatic carbocycles. The zero-order valence-corrected chi connectivity index (χ0v) is 17.4. The van der Waals surface area contributed by atoms with E-state index in [9.17, 15) is 14.4 Å². The molecule has 4 rings (SSSR count). The number of fused-ring (bicyclic) bond motifs is 1. The van der Waals surface area contributed by atoms with Crippen LogP contribution in [0.15, 0.2) is 65.5 Å². The Morgan fingerprint density at radius 3 is 2.30 bits per heavy atom. The number of amides is 1. The summed E-state index contributed by atoms with van der Waals surface area (Å²) in [7, 11) is 0. The predicted molar refractivity (Wildman–Crippen MR) is 118 cm³/mol. The van der Waals surface area contributed by atoms with Crippen molar-refractivity contribution in [3.05, 3.63) is 93.4 Å². The standard InChI is InChI=1S/C25H24N2O3/c1-16-9-11-18(12-10-16)27-21-14-25(2,3)15-22(28)19(21)13-20(24(27)30)23(29)26-17-7-5-4-6-8-17/h4-13H,14-15H2,1-3H3,(H,26,29). The molecule has 1 amide bonds. The third-order valence-corrected chi connectivity index (χ3v) is 5.46. The number of pyridine rings is 1. The lowest BCUT2D eigenvalue weighted by Gasteiger charge is -2.32. The minimum Gasteiger partial charge on any atom is -0.322 e. The van der Waals surface area contributed by atoms with Crippen LogP contribution >= 0.6 is 0 Å². The van der Waals surface area contributed by atoms with E-state index >= 15 is 0 Å². The number of rotatable bonds is 3. The minimum atomic E-state index is -0.521. The van der Waals surface area contributed by atoms with Gasteiger partial charge in [0.2, 0.25) is 0 Å². The van der Waals surface area contributed by atoms with Crippen molar-refractivity contribution in [1.82, 2.24) is 4.57 Å². The lowest BCUT2D eigenvalue weighted by molar-refractivity contribution is 0.0909. The normalized spacial score (nSPS) is 14.8. The van der Waals surface area contributed by atoms with Crippen LogP contribution in [0.5, 0.6) is 0 Å². The number of hydrogen-bond donors (Lipinski definition) is 1. The molecule has 5 heteroatoms. The van der Waals surface area contributed by atoms with E-state index in [0.717, 1.165) is 5.56 Å². The maximum atomic E-state index is 13.5. The second kappa shape index (κ2) is 7.41. The van der Waals surface area contributed by atoms with Gasteiger partial charge in [-0.15, -0.1) is 0 Å². The maximum absolute atomic E-state index is 13.5. The third-order valence-electron chi connectivity index (χ3n) is 5.46. The number of carbonyl (C=O) groups is 2. The summed E-state index contributed by atoms with van der Waals surface area (Å²) in [4.78, 5) is 39.4. The Kier molecular flexibility index (Phi) is 4.90. The van der Waals surface area contributed by atoms with Crippen LogP contribution in [0.1, 0.15) is 52.2 Å². The number of anilines is 1. The Labute approximate surface area is 175 Å². The van der Waals surface area contributed by atoms with Crippen LogP contribution in [-0.2, 0) is 6.42 Å². The smallest absolute Gasteiger partial charge is 0.268 e. The molecule has 0 spiro atoms. The van der Waals surface area contributed by atoms with Crippen molar-refractivity contribution < 1.29 is 9.59 Å².